The molecule has 0 spiro atoms. The molecule has 95 heavy (non-hydrogen) atoms. The summed E-state index contributed by atoms with van der Waals surface area (Å²) in [6.45, 7) is 14.3. The molecule has 4 aliphatic heterocycles. The standard InChI is InChI=1S/C26H30BNO2.2C24H22N4.C4H4ClN3.CH4/c1-25(2)26(3,4)30-27(29-25)22-12-13-23-21(15-22)16-28(5)17-24(23)20-11-10-18-8-6-7-9-19(18)14-20;2*1-28-14-20-13-19(23-10-11-24(25)27-26-23)8-9-21(20)22(15-28)18-7-6-16-4-2-3-5-17(16)12-18;5-3-1-2-4(6)8-7-3;/h6-15,24H,16-17H2,1-5H3;2*2-13,22H,14-15H2,1H3,(H2,25,27);1-2H,(H2,6,8);1H4/t;22-;;;/m.0.../s1. The molecule has 0 radical (unpaired) electrons. The molecule has 16 heteroatoms. The molecule has 1 saturated heterocycles. The number of anilines is 3. The molecule has 16 rings (SSSR count). The molecule has 2 unspecified atom stereocenters. The van der Waals surface area contributed by atoms with Gasteiger partial charge in [0.2, 0.25) is 0 Å². The van der Waals surface area contributed by atoms with Crippen LogP contribution < -0.4 is 22.7 Å². The number of rotatable bonds is 6. The number of fused-ring (bicyclic) bond motifs is 6. The van der Waals surface area contributed by atoms with E-state index in [0.717, 1.165) is 67.2 Å². The molecule has 4 aliphatic rings. The Labute approximate surface area is 563 Å². The Morgan fingerprint density at radius 1 is 0.389 bits per heavy atom. The molecule has 480 valence electrons. The third-order valence-corrected chi connectivity index (χ3v) is 19.3. The Morgan fingerprint density at radius 2 is 0.737 bits per heavy atom. The van der Waals surface area contributed by atoms with Gasteiger partial charge in [0, 0.05) is 68.1 Å². The fraction of sp³-hybridized carbons (Fsp3) is 0.241. The summed E-state index contributed by atoms with van der Waals surface area (Å²) in [6.07, 6.45) is 0. The predicted octanol–water partition coefficient (Wildman–Crippen LogP) is 15.0. The zero-order chi connectivity index (χ0) is 65.3. The molecule has 0 amide bonds. The van der Waals surface area contributed by atoms with Crippen LogP contribution in [0.5, 0.6) is 0 Å². The van der Waals surface area contributed by atoms with Crippen molar-refractivity contribution in [1.82, 2.24) is 45.3 Å². The van der Waals surface area contributed by atoms with Gasteiger partial charge in [0.1, 0.15) is 17.5 Å². The Balaban J connectivity index is 0.000000128. The molecule has 0 bridgehead atoms. The van der Waals surface area contributed by atoms with Crippen LogP contribution in [0.2, 0.25) is 5.15 Å². The van der Waals surface area contributed by atoms with Crippen LogP contribution in [0.25, 0.3) is 54.8 Å². The highest BCUT2D eigenvalue weighted by molar-refractivity contribution is 6.62. The van der Waals surface area contributed by atoms with E-state index in [9.17, 15) is 0 Å². The van der Waals surface area contributed by atoms with Crippen molar-refractivity contribution >= 4 is 74.0 Å². The van der Waals surface area contributed by atoms with Crippen LogP contribution in [0.15, 0.2) is 218 Å². The van der Waals surface area contributed by atoms with Crippen LogP contribution in [0.4, 0.5) is 17.5 Å². The number of hydrogen-bond donors (Lipinski definition) is 3. The van der Waals surface area contributed by atoms with E-state index < -0.39 is 0 Å². The molecule has 0 saturated carbocycles. The summed E-state index contributed by atoms with van der Waals surface area (Å²) in [5, 5.41) is 31.5. The van der Waals surface area contributed by atoms with Gasteiger partial charge in [-0.05, 0) is 185 Å². The lowest BCUT2D eigenvalue weighted by Crippen LogP contribution is -2.41. The van der Waals surface area contributed by atoms with Gasteiger partial charge in [-0.25, -0.2) is 0 Å². The predicted molar refractivity (Wildman–Crippen MR) is 390 cm³/mol. The SMILES string of the molecule is C.CN1Cc2cc(-c3ccc(N)nn3)ccc2C(c2ccc3ccccc3c2)C1.CN1Cc2cc(-c3ccc(N)nn3)ccc2[C@H](c2ccc3ccccc3c2)C1.CN1Cc2cc(B3OC(C)(C)C(C)(C)O3)ccc2C(c2ccc3ccccc3c2)C1.Nc1ccc(Cl)nn1. The summed E-state index contributed by atoms with van der Waals surface area (Å²) in [5.74, 6) is 2.37. The summed E-state index contributed by atoms with van der Waals surface area (Å²) < 4.78 is 12.6. The maximum atomic E-state index is 6.29. The Bertz CT molecular complexity index is 4470. The second-order valence-corrected chi connectivity index (χ2v) is 26.8. The van der Waals surface area contributed by atoms with Crippen molar-refractivity contribution in [2.24, 2.45) is 0 Å². The monoisotopic (exact) mass is 1280 g/mol. The number of aromatic nitrogens is 6. The first kappa shape index (κ1) is 65.6. The average molecular weight is 1280 g/mol. The first-order chi connectivity index (χ1) is 45.4. The smallest absolute Gasteiger partial charge is 0.399 e. The van der Waals surface area contributed by atoms with E-state index in [1.165, 1.54) is 82.4 Å². The highest BCUT2D eigenvalue weighted by Crippen LogP contribution is 2.41. The summed E-state index contributed by atoms with van der Waals surface area (Å²) in [5.41, 5.74) is 33.3. The van der Waals surface area contributed by atoms with E-state index in [-0.39, 0.29) is 25.7 Å². The lowest BCUT2D eigenvalue weighted by Gasteiger charge is -2.33. The largest absolute Gasteiger partial charge is 0.494 e. The van der Waals surface area contributed by atoms with Crippen molar-refractivity contribution in [2.75, 3.05) is 58.0 Å². The third-order valence-electron chi connectivity index (χ3n) is 19.1. The summed E-state index contributed by atoms with van der Waals surface area (Å²) in [6, 6.07) is 77.0. The average Bonchev–Trinajstić information content (AvgIpc) is 1.76. The van der Waals surface area contributed by atoms with Gasteiger partial charge < -0.3 is 41.2 Å². The van der Waals surface area contributed by atoms with E-state index >= 15 is 0 Å². The fourth-order valence-corrected chi connectivity index (χ4v) is 13.6. The Hall–Kier alpha value is -9.45. The van der Waals surface area contributed by atoms with E-state index in [2.05, 4.69) is 276 Å². The zero-order valence-corrected chi connectivity index (χ0v) is 55.0. The van der Waals surface area contributed by atoms with Crippen LogP contribution in [0.3, 0.4) is 0 Å². The van der Waals surface area contributed by atoms with Crippen LogP contribution in [-0.4, -0.2) is 104 Å². The van der Waals surface area contributed by atoms with Gasteiger partial charge in [-0.3, -0.25) is 0 Å². The number of nitrogens with two attached hydrogens (primary N) is 3. The maximum Gasteiger partial charge on any atom is 0.494 e. The molecule has 14 nitrogen and oxygen atoms in total. The fourth-order valence-electron chi connectivity index (χ4n) is 13.5. The quantitative estimate of drug-likeness (QED) is 0.134. The van der Waals surface area contributed by atoms with Crippen molar-refractivity contribution in [3.05, 3.63) is 274 Å². The van der Waals surface area contributed by atoms with Crippen molar-refractivity contribution in [1.29, 1.82) is 0 Å². The minimum Gasteiger partial charge on any atom is -0.399 e. The van der Waals surface area contributed by atoms with Crippen LogP contribution in [-0.2, 0) is 28.9 Å². The topological polar surface area (TPSA) is 184 Å². The minimum absolute atomic E-state index is 0. The zero-order valence-electron chi connectivity index (χ0n) is 54.3. The van der Waals surface area contributed by atoms with Crippen molar-refractivity contribution in [2.45, 2.75) is 83.7 Å². The van der Waals surface area contributed by atoms with E-state index in [0.29, 0.717) is 40.4 Å². The molecular formula is C79H82BClN12O2. The van der Waals surface area contributed by atoms with Crippen LogP contribution in [0.1, 0.15) is 103 Å². The molecule has 7 heterocycles. The van der Waals surface area contributed by atoms with Crippen molar-refractivity contribution in [3.63, 3.8) is 0 Å². The van der Waals surface area contributed by atoms with Crippen molar-refractivity contribution in [3.8, 4) is 22.5 Å². The number of likely N-dealkylation sites (N-methyl/N-ethyl adjacent to an activating group) is 3. The summed E-state index contributed by atoms with van der Waals surface area (Å²) >= 11 is 5.38. The molecule has 1 fully saturated rings. The molecule has 9 aromatic carbocycles. The van der Waals surface area contributed by atoms with E-state index in [4.69, 9.17) is 38.1 Å². The van der Waals surface area contributed by atoms with Gasteiger partial charge in [-0.1, -0.05) is 189 Å². The summed E-state index contributed by atoms with van der Waals surface area (Å²) in [4.78, 5) is 7.19. The van der Waals surface area contributed by atoms with Gasteiger partial charge in [0.15, 0.2) is 5.15 Å². The number of benzene rings is 9. The Kier molecular flexibility index (Phi) is 19.2. The molecule has 6 N–H and O–H groups in total. The highest BCUT2D eigenvalue weighted by Gasteiger charge is 2.52. The number of nitrogens with zero attached hydrogens (tertiary/aromatic N) is 9. The first-order valence-electron chi connectivity index (χ1n) is 32.1. The second kappa shape index (κ2) is 27.9. The van der Waals surface area contributed by atoms with E-state index in [1.807, 2.05) is 12.1 Å². The second-order valence-electron chi connectivity index (χ2n) is 26.4. The summed E-state index contributed by atoms with van der Waals surface area (Å²) in [7, 11) is 6.27. The van der Waals surface area contributed by atoms with Gasteiger partial charge >= 0.3 is 7.12 Å². The van der Waals surface area contributed by atoms with Gasteiger partial charge in [-0.15, -0.1) is 30.6 Å². The molecule has 3 aromatic heterocycles. The normalized spacial score (nSPS) is 17.9. The van der Waals surface area contributed by atoms with Gasteiger partial charge in [0.25, 0.3) is 0 Å². The minimum atomic E-state index is -0.321. The molecule has 12 aromatic rings. The maximum absolute atomic E-state index is 6.29. The number of hydrogen-bond acceptors (Lipinski definition) is 14. The lowest BCUT2D eigenvalue weighted by atomic mass is 9.75. The first-order valence-corrected chi connectivity index (χ1v) is 32.4. The number of halogens is 1. The van der Waals surface area contributed by atoms with E-state index in [1.54, 1.807) is 24.3 Å². The highest BCUT2D eigenvalue weighted by atomic mass is 35.5. The third kappa shape index (κ3) is 14.6. The Morgan fingerprint density at radius 3 is 1.08 bits per heavy atom. The lowest BCUT2D eigenvalue weighted by molar-refractivity contribution is 0.00578. The van der Waals surface area contributed by atoms with Gasteiger partial charge in [-0.2, -0.15) is 0 Å². The van der Waals surface area contributed by atoms with Crippen LogP contribution >= 0.6 is 11.6 Å². The van der Waals surface area contributed by atoms with Crippen molar-refractivity contribution < 1.29 is 9.31 Å². The molecular weight excluding hydrogens is 1200 g/mol. The molecule has 3 atom stereocenters. The number of nitrogen functional groups attached to an aromatic ring is 3. The van der Waals surface area contributed by atoms with Crippen LogP contribution in [0, 0.1) is 0 Å². The van der Waals surface area contributed by atoms with Gasteiger partial charge in [0.05, 0.1) is 22.6 Å². The molecule has 0 aliphatic carbocycles.